The lowest BCUT2D eigenvalue weighted by Gasteiger charge is -2.11. The van der Waals surface area contributed by atoms with E-state index < -0.39 is 0 Å². The molecule has 1 heterocycles. The zero-order chi connectivity index (χ0) is 10.8. The van der Waals surface area contributed by atoms with E-state index in [4.69, 9.17) is 14.6 Å². The van der Waals surface area contributed by atoms with Crippen LogP contribution >= 0.6 is 15.9 Å². The van der Waals surface area contributed by atoms with Gasteiger partial charge < -0.3 is 14.6 Å². The Labute approximate surface area is 97.1 Å². The molecule has 0 fully saturated rings. The van der Waals surface area contributed by atoms with Crippen molar-refractivity contribution in [2.45, 2.75) is 19.8 Å². The summed E-state index contributed by atoms with van der Waals surface area (Å²) in [5, 5.41) is 8.99. The van der Waals surface area contributed by atoms with Crippen LogP contribution in [0.25, 0.3) is 0 Å². The molecule has 2 rings (SSSR count). The third kappa shape index (κ3) is 1.84. The SMILES string of the molecule is CCc1c(CCO)cc(Br)c2c1OCO2. The Morgan fingerprint density at radius 2 is 2.13 bits per heavy atom. The topological polar surface area (TPSA) is 38.7 Å². The number of aliphatic hydroxyl groups excluding tert-OH is 1. The predicted molar refractivity (Wildman–Crippen MR) is 60.4 cm³/mol. The molecule has 15 heavy (non-hydrogen) atoms. The molecule has 0 bridgehead atoms. The van der Waals surface area contributed by atoms with Crippen molar-refractivity contribution in [1.82, 2.24) is 0 Å². The molecule has 0 aliphatic carbocycles. The number of rotatable bonds is 3. The average molecular weight is 273 g/mol. The third-order valence-corrected chi connectivity index (χ3v) is 3.12. The van der Waals surface area contributed by atoms with Crippen LogP contribution in [0.5, 0.6) is 11.5 Å². The van der Waals surface area contributed by atoms with Crippen molar-refractivity contribution in [3.8, 4) is 11.5 Å². The standard InChI is InChI=1S/C11H13BrO3/c1-2-8-7(3-4-13)5-9(12)11-10(8)14-6-15-11/h5,13H,2-4,6H2,1H3. The predicted octanol–water partition coefficient (Wildman–Crippen LogP) is 2.28. The molecule has 0 atom stereocenters. The summed E-state index contributed by atoms with van der Waals surface area (Å²) < 4.78 is 11.7. The normalized spacial score (nSPS) is 13.3. The molecule has 1 aliphatic rings. The Morgan fingerprint density at radius 1 is 1.40 bits per heavy atom. The van der Waals surface area contributed by atoms with E-state index in [1.807, 2.05) is 6.07 Å². The van der Waals surface area contributed by atoms with Gasteiger partial charge in [0.25, 0.3) is 0 Å². The van der Waals surface area contributed by atoms with Crippen LogP contribution in [0.4, 0.5) is 0 Å². The molecule has 1 aromatic rings. The Kier molecular flexibility index (Phi) is 3.17. The first kappa shape index (κ1) is 10.8. The Balaban J connectivity index is 2.52. The van der Waals surface area contributed by atoms with E-state index in [0.29, 0.717) is 6.42 Å². The van der Waals surface area contributed by atoms with Crippen molar-refractivity contribution in [3.05, 3.63) is 21.7 Å². The lowest BCUT2D eigenvalue weighted by atomic mass is 10.0. The van der Waals surface area contributed by atoms with Crippen molar-refractivity contribution >= 4 is 15.9 Å². The third-order valence-electron chi connectivity index (χ3n) is 2.53. The molecule has 0 radical (unpaired) electrons. The van der Waals surface area contributed by atoms with Crippen molar-refractivity contribution in [3.63, 3.8) is 0 Å². The first-order valence-corrected chi connectivity index (χ1v) is 5.78. The maximum atomic E-state index is 8.99. The highest BCUT2D eigenvalue weighted by Crippen LogP contribution is 2.43. The quantitative estimate of drug-likeness (QED) is 0.918. The van der Waals surface area contributed by atoms with Gasteiger partial charge in [0.15, 0.2) is 11.5 Å². The molecular formula is C11H13BrO3. The smallest absolute Gasteiger partial charge is 0.231 e. The van der Waals surface area contributed by atoms with Gasteiger partial charge in [-0.3, -0.25) is 0 Å². The van der Waals surface area contributed by atoms with Crippen molar-refractivity contribution in [1.29, 1.82) is 0 Å². The van der Waals surface area contributed by atoms with Crippen LogP contribution in [0.2, 0.25) is 0 Å². The molecule has 1 aromatic carbocycles. The lowest BCUT2D eigenvalue weighted by Crippen LogP contribution is -1.99. The van der Waals surface area contributed by atoms with E-state index in [1.54, 1.807) is 0 Å². The maximum Gasteiger partial charge on any atom is 0.231 e. The fourth-order valence-corrected chi connectivity index (χ4v) is 2.43. The van der Waals surface area contributed by atoms with Gasteiger partial charge in [-0.15, -0.1) is 0 Å². The first-order valence-electron chi connectivity index (χ1n) is 4.98. The van der Waals surface area contributed by atoms with E-state index >= 15 is 0 Å². The summed E-state index contributed by atoms with van der Waals surface area (Å²) in [6, 6.07) is 2.00. The molecule has 0 amide bonds. The number of hydrogen-bond acceptors (Lipinski definition) is 3. The number of halogens is 1. The number of ether oxygens (including phenoxy) is 2. The van der Waals surface area contributed by atoms with Crippen LogP contribution in [0, 0.1) is 0 Å². The number of hydrogen-bond donors (Lipinski definition) is 1. The summed E-state index contributed by atoms with van der Waals surface area (Å²) in [7, 11) is 0. The Morgan fingerprint density at radius 3 is 2.80 bits per heavy atom. The van der Waals surface area contributed by atoms with E-state index in [-0.39, 0.29) is 13.4 Å². The minimum atomic E-state index is 0.152. The van der Waals surface area contributed by atoms with Crippen LogP contribution in [-0.4, -0.2) is 18.5 Å². The second kappa shape index (κ2) is 4.41. The first-order chi connectivity index (χ1) is 7.27. The van der Waals surface area contributed by atoms with Gasteiger partial charge >= 0.3 is 0 Å². The van der Waals surface area contributed by atoms with Gasteiger partial charge in [-0.25, -0.2) is 0 Å². The molecule has 4 heteroatoms. The monoisotopic (exact) mass is 272 g/mol. The van der Waals surface area contributed by atoms with E-state index in [0.717, 1.165) is 33.5 Å². The van der Waals surface area contributed by atoms with Gasteiger partial charge in [0, 0.05) is 12.2 Å². The fourth-order valence-electron chi connectivity index (χ4n) is 1.86. The summed E-state index contributed by atoms with van der Waals surface area (Å²) in [4.78, 5) is 0. The van der Waals surface area contributed by atoms with Crippen molar-refractivity contribution in [2.75, 3.05) is 13.4 Å². The summed E-state index contributed by atoms with van der Waals surface area (Å²) >= 11 is 3.44. The van der Waals surface area contributed by atoms with E-state index in [9.17, 15) is 0 Å². The molecule has 0 aromatic heterocycles. The highest BCUT2D eigenvalue weighted by atomic mass is 79.9. The van der Waals surface area contributed by atoms with Gasteiger partial charge in [0.1, 0.15) is 0 Å². The number of benzene rings is 1. The molecule has 0 spiro atoms. The van der Waals surface area contributed by atoms with Gasteiger partial charge in [0.2, 0.25) is 6.79 Å². The summed E-state index contributed by atoms with van der Waals surface area (Å²) in [6.45, 7) is 2.51. The molecule has 0 unspecified atom stereocenters. The summed E-state index contributed by atoms with van der Waals surface area (Å²) in [6.07, 6.45) is 1.53. The Hall–Kier alpha value is -0.740. The largest absolute Gasteiger partial charge is 0.453 e. The highest BCUT2D eigenvalue weighted by molar-refractivity contribution is 9.10. The van der Waals surface area contributed by atoms with Gasteiger partial charge in [-0.1, -0.05) is 6.92 Å². The molecule has 1 aliphatic heterocycles. The molecule has 0 saturated carbocycles. The van der Waals surface area contributed by atoms with Crippen LogP contribution in [0.1, 0.15) is 18.1 Å². The van der Waals surface area contributed by atoms with Gasteiger partial charge in [-0.2, -0.15) is 0 Å². The highest BCUT2D eigenvalue weighted by Gasteiger charge is 2.22. The van der Waals surface area contributed by atoms with Crippen LogP contribution < -0.4 is 9.47 Å². The van der Waals surface area contributed by atoms with Crippen LogP contribution in [0.3, 0.4) is 0 Å². The van der Waals surface area contributed by atoms with E-state index in [2.05, 4.69) is 22.9 Å². The molecule has 1 N–H and O–H groups in total. The lowest BCUT2D eigenvalue weighted by molar-refractivity contribution is 0.173. The summed E-state index contributed by atoms with van der Waals surface area (Å²) in [5.74, 6) is 1.61. The average Bonchev–Trinajstić information content (AvgIpc) is 2.68. The summed E-state index contributed by atoms with van der Waals surface area (Å²) in [5.41, 5.74) is 2.26. The van der Waals surface area contributed by atoms with Crippen molar-refractivity contribution in [2.24, 2.45) is 0 Å². The second-order valence-electron chi connectivity index (χ2n) is 3.39. The molecular weight excluding hydrogens is 260 g/mol. The zero-order valence-electron chi connectivity index (χ0n) is 8.55. The number of aliphatic hydroxyl groups is 1. The zero-order valence-corrected chi connectivity index (χ0v) is 10.1. The van der Waals surface area contributed by atoms with Crippen molar-refractivity contribution < 1.29 is 14.6 Å². The van der Waals surface area contributed by atoms with Gasteiger partial charge in [-0.05, 0) is 40.4 Å². The maximum absolute atomic E-state index is 8.99. The molecule has 0 saturated heterocycles. The molecule has 3 nitrogen and oxygen atoms in total. The van der Waals surface area contributed by atoms with E-state index in [1.165, 1.54) is 0 Å². The van der Waals surface area contributed by atoms with Crippen LogP contribution in [-0.2, 0) is 12.8 Å². The van der Waals surface area contributed by atoms with Gasteiger partial charge in [0.05, 0.1) is 4.47 Å². The minimum absolute atomic E-state index is 0.152. The van der Waals surface area contributed by atoms with Crippen LogP contribution in [0.15, 0.2) is 10.5 Å². The number of fused-ring (bicyclic) bond motifs is 1. The fraction of sp³-hybridized carbons (Fsp3) is 0.455. The second-order valence-corrected chi connectivity index (χ2v) is 4.24. The molecule has 82 valence electrons. The minimum Gasteiger partial charge on any atom is -0.453 e. The Bertz CT molecular complexity index is 377.